The first kappa shape index (κ1) is 9.93. The van der Waals surface area contributed by atoms with Crippen molar-refractivity contribution in [1.29, 1.82) is 0 Å². The summed E-state index contributed by atoms with van der Waals surface area (Å²) in [6, 6.07) is 9.26. The quantitative estimate of drug-likeness (QED) is 0.553. The molecule has 1 aromatic rings. The van der Waals surface area contributed by atoms with Gasteiger partial charge in [0.05, 0.1) is 0 Å². The van der Waals surface area contributed by atoms with Crippen molar-refractivity contribution in [2.75, 3.05) is 6.61 Å². The number of Topliss-reactive ketones (excluding diaryl/α,β-unsaturated/α-hetero) is 1. The maximum absolute atomic E-state index is 11.4. The molecule has 1 rings (SSSR count). The molecule has 0 atom stereocenters. The summed E-state index contributed by atoms with van der Waals surface area (Å²) in [5, 5.41) is 8.54. The Morgan fingerprint density at radius 3 is 2.46 bits per heavy atom. The first-order valence-corrected chi connectivity index (χ1v) is 4.53. The number of hydrogen-bond acceptors (Lipinski definition) is 2. The summed E-state index contributed by atoms with van der Waals surface area (Å²) < 4.78 is 0. The second-order valence-electron chi connectivity index (χ2n) is 2.97. The Morgan fingerprint density at radius 1 is 1.15 bits per heavy atom. The van der Waals surface area contributed by atoms with Crippen LogP contribution in [0.5, 0.6) is 0 Å². The van der Waals surface area contributed by atoms with Crippen molar-refractivity contribution in [2.24, 2.45) is 0 Å². The van der Waals surface area contributed by atoms with E-state index >= 15 is 0 Å². The fourth-order valence-electron chi connectivity index (χ4n) is 1.17. The van der Waals surface area contributed by atoms with Gasteiger partial charge in [0.25, 0.3) is 0 Å². The van der Waals surface area contributed by atoms with Gasteiger partial charge in [0.1, 0.15) is 0 Å². The highest BCUT2D eigenvalue weighted by Crippen LogP contribution is 2.05. The van der Waals surface area contributed by atoms with E-state index in [0.717, 1.165) is 12.0 Å². The zero-order valence-corrected chi connectivity index (χ0v) is 7.57. The summed E-state index contributed by atoms with van der Waals surface area (Å²) >= 11 is 0. The number of rotatable bonds is 5. The van der Waals surface area contributed by atoms with E-state index < -0.39 is 0 Å². The predicted molar refractivity (Wildman–Crippen MR) is 51.7 cm³/mol. The summed E-state index contributed by atoms with van der Waals surface area (Å²) in [4.78, 5) is 11.4. The van der Waals surface area contributed by atoms with Crippen molar-refractivity contribution in [3.8, 4) is 0 Å². The fourth-order valence-corrected chi connectivity index (χ4v) is 1.17. The first-order chi connectivity index (χ1) is 6.34. The van der Waals surface area contributed by atoms with Gasteiger partial charge in [-0.25, -0.2) is 0 Å². The Bertz CT molecular complexity index is 254. The van der Waals surface area contributed by atoms with E-state index in [-0.39, 0.29) is 12.4 Å². The van der Waals surface area contributed by atoms with Crippen molar-refractivity contribution in [3.05, 3.63) is 35.9 Å². The minimum absolute atomic E-state index is 0.161. The number of benzene rings is 1. The van der Waals surface area contributed by atoms with Crippen LogP contribution >= 0.6 is 0 Å². The molecule has 1 aromatic carbocycles. The highest BCUT2D eigenvalue weighted by Gasteiger charge is 2.03. The van der Waals surface area contributed by atoms with Crippen LogP contribution in [0.15, 0.2) is 30.3 Å². The molecule has 0 saturated heterocycles. The first-order valence-electron chi connectivity index (χ1n) is 4.53. The standard InChI is InChI=1S/C11H14O2/c12-9-5-4-8-11(13)10-6-2-1-3-7-10/h1-3,6-7,12H,4-5,8-9H2. The lowest BCUT2D eigenvalue weighted by Crippen LogP contribution is -1.98. The monoisotopic (exact) mass is 178 g/mol. The zero-order valence-electron chi connectivity index (χ0n) is 7.57. The molecule has 2 heteroatoms. The van der Waals surface area contributed by atoms with Crippen LogP contribution in [0, 0.1) is 0 Å². The summed E-state index contributed by atoms with van der Waals surface area (Å²) in [5.74, 6) is 0.161. The molecule has 0 amide bonds. The van der Waals surface area contributed by atoms with E-state index in [9.17, 15) is 4.79 Å². The fraction of sp³-hybridized carbons (Fsp3) is 0.364. The van der Waals surface area contributed by atoms with Gasteiger partial charge < -0.3 is 5.11 Å². The van der Waals surface area contributed by atoms with Gasteiger partial charge in [0.15, 0.2) is 5.78 Å². The topological polar surface area (TPSA) is 37.3 Å². The van der Waals surface area contributed by atoms with Crippen molar-refractivity contribution in [3.63, 3.8) is 0 Å². The van der Waals surface area contributed by atoms with Crippen LogP contribution in [0.3, 0.4) is 0 Å². The maximum Gasteiger partial charge on any atom is 0.162 e. The highest BCUT2D eigenvalue weighted by molar-refractivity contribution is 5.95. The Kier molecular flexibility index (Phi) is 4.19. The molecule has 0 aromatic heterocycles. The minimum atomic E-state index is 0.161. The van der Waals surface area contributed by atoms with Gasteiger partial charge in [-0.15, -0.1) is 0 Å². The van der Waals surface area contributed by atoms with Crippen LogP contribution < -0.4 is 0 Å². The van der Waals surface area contributed by atoms with Crippen LogP contribution in [-0.4, -0.2) is 17.5 Å². The van der Waals surface area contributed by atoms with Crippen LogP contribution in [0.25, 0.3) is 0 Å². The smallest absolute Gasteiger partial charge is 0.162 e. The van der Waals surface area contributed by atoms with Gasteiger partial charge in [-0.2, -0.15) is 0 Å². The molecule has 13 heavy (non-hydrogen) atoms. The van der Waals surface area contributed by atoms with Crippen molar-refractivity contribution >= 4 is 5.78 Å². The second-order valence-corrected chi connectivity index (χ2v) is 2.97. The third-order valence-electron chi connectivity index (χ3n) is 1.91. The van der Waals surface area contributed by atoms with Crippen LogP contribution in [0.1, 0.15) is 29.6 Å². The number of aliphatic hydroxyl groups is 1. The average Bonchev–Trinajstić information content (AvgIpc) is 2.19. The zero-order chi connectivity index (χ0) is 9.52. The van der Waals surface area contributed by atoms with E-state index in [0.29, 0.717) is 12.8 Å². The van der Waals surface area contributed by atoms with Crippen LogP contribution in [0.2, 0.25) is 0 Å². The van der Waals surface area contributed by atoms with Crippen molar-refractivity contribution in [2.45, 2.75) is 19.3 Å². The maximum atomic E-state index is 11.4. The Hall–Kier alpha value is -1.15. The number of ketones is 1. The van der Waals surface area contributed by atoms with Crippen LogP contribution in [-0.2, 0) is 0 Å². The molecule has 0 radical (unpaired) electrons. The molecular weight excluding hydrogens is 164 g/mol. The van der Waals surface area contributed by atoms with Crippen molar-refractivity contribution in [1.82, 2.24) is 0 Å². The summed E-state index contributed by atoms with van der Waals surface area (Å²) in [7, 11) is 0. The normalized spacial score (nSPS) is 9.92. The summed E-state index contributed by atoms with van der Waals surface area (Å²) in [6.07, 6.45) is 2.01. The molecule has 70 valence electrons. The largest absolute Gasteiger partial charge is 0.396 e. The third-order valence-corrected chi connectivity index (χ3v) is 1.91. The molecule has 1 N–H and O–H groups in total. The van der Waals surface area contributed by atoms with E-state index in [1.165, 1.54) is 0 Å². The van der Waals surface area contributed by atoms with Gasteiger partial charge in [-0.05, 0) is 12.8 Å². The Morgan fingerprint density at radius 2 is 1.85 bits per heavy atom. The SMILES string of the molecule is O=C(CCCCO)c1ccccc1. The van der Waals surface area contributed by atoms with Gasteiger partial charge >= 0.3 is 0 Å². The third kappa shape index (κ3) is 3.38. The van der Waals surface area contributed by atoms with E-state index in [1.54, 1.807) is 0 Å². The molecule has 0 fully saturated rings. The lowest BCUT2D eigenvalue weighted by Gasteiger charge is -1.98. The van der Waals surface area contributed by atoms with Crippen LogP contribution in [0.4, 0.5) is 0 Å². The van der Waals surface area contributed by atoms with E-state index in [2.05, 4.69) is 0 Å². The average molecular weight is 178 g/mol. The second kappa shape index (κ2) is 5.49. The molecule has 0 aliphatic carbocycles. The molecule has 0 unspecified atom stereocenters. The number of unbranched alkanes of at least 4 members (excludes halogenated alkanes) is 1. The number of carbonyl (C=O) groups is 1. The van der Waals surface area contributed by atoms with E-state index in [4.69, 9.17) is 5.11 Å². The van der Waals surface area contributed by atoms with Gasteiger partial charge in [0.2, 0.25) is 0 Å². The van der Waals surface area contributed by atoms with Gasteiger partial charge in [-0.3, -0.25) is 4.79 Å². The molecule has 0 aliphatic heterocycles. The summed E-state index contributed by atoms with van der Waals surface area (Å²) in [6.45, 7) is 0.169. The molecule has 0 spiro atoms. The molecule has 0 bridgehead atoms. The number of hydrogen-bond donors (Lipinski definition) is 1. The van der Waals surface area contributed by atoms with Crippen molar-refractivity contribution < 1.29 is 9.90 Å². The highest BCUT2D eigenvalue weighted by atomic mass is 16.2. The number of aliphatic hydroxyl groups excluding tert-OH is 1. The van der Waals surface area contributed by atoms with E-state index in [1.807, 2.05) is 30.3 Å². The predicted octanol–water partition coefficient (Wildman–Crippen LogP) is 2.03. The molecule has 0 saturated carbocycles. The summed E-state index contributed by atoms with van der Waals surface area (Å²) in [5.41, 5.74) is 0.764. The molecule has 2 nitrogen and oxygen atoms in total. The molecule has 0 aliphatic rings. The lowest BCUT2D eigenvalue weighted by atomic mass is 10.1. The lowest BCUT2D eigenvalue weighted by molar-refractivity contribution is 0.0977. The minimum Gasteiger partial charge on any atom is -0.396 e. The van der Waals surface area contributed by atoms with Gasteiger partial charge in [0, 0.05) is 18.6 Å². The number of carbonyl (C=O) groups excluding carboxylic acids is 1. The molecular formula is C11H14O2. The Labute approximate surface area is 78.2 Å². The van der Waals surface area contributed by atoms with Gasteiger partial charge in [-0.1, -0.05) is 30.3 Å². The molecule has 0 heterocycles. The Balaban J connectivity index is 2.40.